The van der Waals surface area contributed by atoms with Gasteiger partial charge < -0.3 is 20.7 Å². The summed E-state index contributed by atoms with van der Waals surface area (Å²) in [6, 6.07) is 8.03. The van der Waals surface area contributed by atoms with Crippen LogP contribution in [0, 0.1) is 11.2 Å². The van der Waals surface area contributed by atoms with Gasteiger partial charge in [-0.25, -0.2) is 14.4 Å². The Morgan fingerprint density at radius 3 is 2.79 bits per heavy atom. The maximum atomic E-state index is 13.9. The first-order valence-electron chi connectivity index (χ1n) is 9.00. The number of anilines is 1. The molecule has 1 aliphatic rings. The summed E-state index contributed by atoms with van der Waals surface area (Å²) < 4.78 is 18.8. The van der Waals surface area contributed by atoms with Gasteiger partial charge in [-0.3, -0.25) is 5.41 Å². The maximum Gasteiger partial charge on any atom is 0.179 e. The highest BCUT2D eigenvalue weighted by Crippen LogP contribution is 2.46. The van der Waals surface area contributed by atoms with Crippen LogP contribution in [0.25, 0.3) is 5.70 Å². The van der Waals surface area contributed by atoms with Gasteiger partial charge in [-0.15, -0.1) is 0 Å². The lowest BCUT2D eigenvalue weighted by Gasteiger charge is -2.12. The van der Waals surface area contributed by atoms with E-state index < -0.39 is 5.60 Å². The van der Waals surface area contributed by atoms with Gasteiger partial charge in [0.15, 0.2) is 5.82 Å². The third-order valence-electron chi connectivity index (χ3n) is 4.71. The van der Waals surface area contributed by atoms with Crippen molar-refractivity contribution in [2.24, 2.45) is 0 Å². The van der Waals surface area contributed by atoms with E-state index in [1.54, 1.807) is 24.3 Å². The van der Waals surface area contributed by atoms with Gasteiger partial charge in [0, 0.05) is 29.9 Å². The second-order valence-electron chi connectivity index (χ2n) is 6.83. The van der Waals surface area contributed by atoms with Gasteiger partial charge >= 0.3 is 0 Å². The van der Waals surface area contributed by atoms with Crippen molar-refractivity contribution in [3.05, 3.63) is 77.3 Å². The van der Waals surface area contributed by atoms with E-state index in [1.165, 1.54) is 24.6 Å². The van der Waals surface area contributed by atoms with Crippen LogP contribution in [0.1, 0.15) is 35.5 Å². The molecule has 0 atom stereocenters. The molecule has 8 nitrogen and oxygen atoms in total. The Morgan fingerprint density at radius 2 is 2.14 bits per heavy atom. The summed E-state index contributed by atoms with van der Waals surface area (Å²) in [5, 5.41) is 25.5. The number of nitrogens with one attached hydrogen (secondary N) is 2. The Bertz CT molecular complexity index is 1080. The van der Waals surface area contributed by atoms with Crippen LogP contribution in [0.2, 0.25) is 0 Å². The predicted octanol–water partition coefficient (Wildman–Crippen LogP) is 2.37. The largest absolute Gasteiger partial charge is 0.385 e. The Hall–Kier alpha value is -3.59. The van der Waals surface area contributed by atoms with Crippen molar-refractivity contribution < 1.29 is 14.0 Å². The second-order valence-corrected chi connectivity index (χ2v) is 6.83. The summed E-state index contributed by atoms with van der Waals surface area (Å²) in [6.07, 6.45) is 5.56. The molecule has 0 spiro atoms. The molecule has 0 unspecified atom stereocenters. The van der Waals surface area contributed by atoms with Crippen LogP contribution in [0.3, 0.4) is 0 Å². The molecule has 1 aliphatic carbocycles. The van der Waals surface area contributed by atoms with E-state index in [-0.39, 0.29) is 29.7 Å². The van der Waals surface area contributed by atoms with Crippen LogP contribution in [0.4, 0.5) is 10.2 Å². The first-order valence-corrected chi connectivity index (χ1v) is 9.00. The molecule has 2 heterocycles. The highest BCUT2D eigenvalue weighted by molar-refractivity contribution is 6.07. The average Bonchev–Trinajstić information content (AvgIpc) is 3.23. The molecule has 0 radical (unpaired) electrons. The van der Waals surface area contributed by atoms with Crippen molar-refractivity contribution in [3.63, 3.8) is 0 Å². The molecule has 9 heteroatoms. The average molecular weight is 394 g/mol. The number of allylic oxidation sites excluding steroid dienone is 1. The molecule has 0 amide bonds. The number of nitrogens with two attached hydrogens (primary N) is 1. The lowest BCUT2D eigenvalue weighted by Crippen LogP contribution is -2.17. The number of benzene rings is 1. The summed E-state index contributed by atoms with van der Waals surface area (Å²) in [5.41, 5.74) is 6.81. The van der Waals surface area contributed by atoms with E-state index in [0.717, 1.165) is 0 Å². The third kappa shape index (κ3) is 3.99. The third-order valence-corrected chi connectivity index (χ3v) is 4.71. The standard InChI is InChI=1S/C20H19FN6O2/c21-14-4-2-1-3-12(14)10-24-17(16-5-8-29-27-16)9-15(22)19-25-11-13(18(23)26-19)20(28)6-7-20/h1-5,8-9,11,22,24,28H,6-7,10H2,(H2,23,25,26)/b17-9-,22-15?. The number of hydrogen-bond donors (Lipinski definition) is 4. The molecule has 2 aromatic heterocycles. The minimum Gasteiger partial charge on any atom is -0.385 e. The number of nitrogen functional groups attached to an aromatic ring is 1. The molecule has 4 rings (SSSR count). The van der Waals surface area contributed by atoms with Crippen molar-refractivity contribution in [2.45, 2.75) is 25.0 Å². The summed E-state index contributed by atoms with van der Waals surface area (Å²) in [6.45, 7) is 0.188. The molecule has 1 fully saturated rings. The van der Waals surface area contributed by atoms with Crippen LogP contribution in [0.5, 0.6) is 0 Å². The Kier molecular flexibility index (Phi) is 4.81. The normalized spacial score (nSPS) is 15.2. The van der Waals surface area contributed by atoms with Gasteiger partial charge in [-0.05, 0) is 25.0 Å². The fraction of sp³-hybridized carbons (Fsp3) is 0.200. The van der Waals surface area contributed by atoms with E-state index in [4.69, 9.17) is 15.7 Å². The lowest BCUT2D eigenvalue weighted by atomic mass is 10.1. The highest BCUT2D eigenvalue weighted by atomic mass is 19.1. The van der Waals surface area contributed by atoms with Gasteiger partial charge in [-0.2, -0.15) is 0 Å². The fourth-order valence-electron chi connectivity index (χ4n) is 2.88. The molecule has 5 N–H and O–H groups in total. The van der Waals surface area contributed by atoms with Gasteiger partial charge in [0.2, 0.25) is 0 Å². The van der Waals surface area contributed by atoms with Crippen LogP contribution in [-0.4, -0.2) is 25.9 Å². The summed E-state index contributed by atoms with van der Waals surface area (Å²) in [4.78, 5) is 8.31. The molecule has 29 heavy (non-hydrogen) atoms. The predicted molar refractivity (Wildman–Crippen MR) is 104 cm³/mol. The Labute approximate surface area is 165 Å². The van der Waals surface area contributed by atoms with E-state index in [2.05, 4.69) is 20.4 Å². The van der Waals surface area contributed by atoms with E-state index >= 15 is 0 Å². The molecule has 3 aromatic rings. The zero-order valence-electron chi connectivity index (χ0n) is 15.4. The summed E-state index contributed by atoms with van der Waals surface area (Å²) >= 11 is 0. The first kappa shape index (κ1) is 18.8. The number of aliphatic hydroxyl groups is 1. The molecule has 1 saturated carbocycles. The topological polar surface area (TPSA) is 134 Å². The number of aromatic nitrogens is 3. The maximum absolute atomic E-state index is 13.9. The fourth-order valence-corrected chi connectivity index (χ4v) is 2.88. The van der Waals surface area contributed by atoms with Crippen molar-refractivity contribution in [1.82, 2.24) is 20.4 Å². The first-order chi connectivity index (χ1) is 14.0. The van der Waals surface area contributed by atoms with Crippen LogP contribution < -0.4 is 11.1 Å². The summed E-state index contributed by atoms with van der Waals surface area (Å²) in [7, 11) is 0. The zero-order valence-corrected chi connectivity index (χ0v) is 15.4. The molecular formula is C20H19FN6O2. The number of nitrogens with zero attached hydrogens (tertiary/aromatic N) is 3. The smallest absolute Gasteiger partial charge is 0.179 e. The van der Waals surface area contributed by atoms with Crippen molar-refractivity contribution >= 4 is 17.2 Å². The van der Waals surface area contributed by atoms with Crippen molar-refractivity contribution in [3.8, 4) is 0 Å². The van der Waals surface area contributed by atoms with Gasteiger partial charge in [0.1, 0.15) is 29.3 Å². The van der Waals surface area contributed by atoms with Crippen LogP contribution in [0.15, 0.2) is 53.4 Å². The quantitative estimate of drug-likeness (QED) is 0.452. The second kappa shape index (κ2) is 7.44. The minimum absolute atomic E-state index is 0.0231. The van der Waals surface area contributed by atoms with Gasteiger partial charge in [0.05, 0.1) is 11.3 Å². The number of hydrogen-bond acceptors (Lipinski definition) is 8. The molecule has 0 aliphatic heterocycles. The van der Waals surface area contributed by atoms with Crippen LogP contribution in [-0.2, 0) is 12.1 Å². The van der Waals surface area contributed by atoms with E-state index in [0.29, 0.717) is 35.4 Å². The van der Waals surface area contributed by atoms with E-state index in [1.807, 2.05) is 0 Å². The Morgan fingerprint density at radius 1 is 1.34 bits per heavy atom. The Balaban J connectivity index is 1.58. The van der Waals surface area contributed by atoms with Crippen molar-refractivity contribution in [2.75, 3.05) is 5.73 Å². The molecule has 0 saturated heterocycles. The van der Waals surface area contributed by atoms with Crippen molar-refractivity contribution in [1.29, 1.82) is 5.41 Å². The van der Waals surface area contributed by atoms with Gasteiger partial charge in [-0.1, -0.05) is 23.4 Å². The SMILES string of the molecule is N=C(/C=C(\NCc1ccccc1F)c1ccon1)c1ncc(C2(O)CC2)c(N)n1. The van der Waals surface area contributed by atoms with E-state index in [9.17, 15) is 9.50 Å². The van der Waals surface area contributed by atoms with Crippen LogP contribution >= 0.6 is 0 Å². The summed E-state index contributed by atoms with van der Waals surface area (Å²) in [5.74, 6) is -0.0843. The zero-order chi connectivity index (χ0) is 20.4. The number of rotatable bonds is 7. The minimum atomic E-state index is -0.951. The monoisotopic (exact) mass is 394 g/mol. The molecule has 0 bridgehead atoms. The lowest BCUT2D eigenvalue weighted by molar-refractivity contribution is 0.151. The molecular weight excluding hydrogens is 375 g/mol. The number of halogens is 1. The van der Waals surface area contributed by atoms with Gasteiger partial charge in [0.25, 0.3) is 0 Å². The highest BCUT2D eigenvalue weighted by Gasteiger charge is 2.44. The molecule has 1 aromatic carbocycles. The molecule has 148 valence electrons.